The Labute approximate surface area is 152 Å². The summed E-state index contributed by atoms with van der Waals surface area (Å²) in [6.07, 6.45) is 0. The predicted octanol–water partition coefficient (Wildman–Crippen LogP) is 4.75. The van der Waals surface area contributed by atoms with E-state index in [1.54, 1.807) is 6.07 Å². The van der Waals surface area contributed by atoms with Crippen molar-refractivity contribution in [2.75, 3.05) is 24.3 Å². The van der Waals surface area contributed by atoms with E-state index in [1.165, 1.54) is 22.5 Å². The zero-order valence-electron chi connectivity index (χ0n) is 14.8. The second-order valence-electron chi connectivity index (χ2n) is 6.24. The summed E-state index contributed by atoms with van der Waals surface area (Å²) in [7, 11) is 3.90. The molecule has 128 valence electrons. The first kappa shape index (κ1) is 17.2. The fourth-order valence-electron chi connectivity index (χ4n) is 2.46. The maximum absolute atomic E-state index is 12.5. The summed E-state index contributed by atoms with van der Waals surface area (Å²) in [6.45, 7) is 4.18. The maximum Gasteiger partial charge on any atom is 0.257 e. The van der Waals surface area contributed by atoms with Gasteiger partial charge in [-0.2, -0.15) is 0 Å². The van der Waals surface area contributed by atoms with Gasteiger partial charge in [0.25, 0.3) is 5.91 Å². The van der Waals surface area contributed by atoms with Gasteiger partial charge in [0.2, 0.25) is 0 Å². The first-order chi connectivity index (χ1) is 11.9. The Morgan fingerprint density at radius 1 is 1.08 bits per heavy atom. The minimum absolute atomic E-state index is 0.148. The molecule has 0 fully saturated rings. The lowest BCUT2D eigenvalue weighted by Crippen LogP contribution is -2.14. The second kappa shape index (κ2) is 7.07. The van der Waals surface area contributed by atoms with Gasteiger partial charge < -0.3 is 4.90 Å². The van der Waals surface area contributed by atoms with Crippen LogP contribution in [0.2, 0.25) is 0 Å². The van der Waals surface area contributed by atoms with E-state index in [9.17, 15) is 4.79 Å². The molecule has 0 aliphatic heterocycles. The number of anilines is 2. The van der Waals surface area contributed by atoms with Gasteiger partial charge in [-0.05, 0) is 49.2 Å². The van der Waals surface area contributed by atoms with Crippen molar-refractivity contribution < 1.29 is 4.79 Å². The molecule has 0 saturated carbocycles. The summed E-state index contributed by atoms with van der Waals surface area (Å²) in [5.41, 5.74) is 6.04. The Morgan fingerprint density at radius 3 is 2.60 bits per heavy atom. The molecule has 4 nitrogen and oxygen atoms in total. The van der Waals surface area contributed by atoms with Crippen LogP contribution in [-0.4, -0.2) is 25.0 Å². The summed E-state index contributed by atoms with van der Waals surface area (Å²) in [4.78, 5) is 19.0. The van der Waals surface area contributed by atoms with E-state index in [1.807, 2.05) is 42.6 Å². The molecular formula is C20H21N3OS. The van der Waals surface area contributed by atoms with Crippen molar-refractivity contribution in [1.82, 2.24) is 4.98 Å². The minimum atomic E-state index is -0.148. The van der Waals surface area contributed by atoms with Crippen LogP contribution in [0.25, 0.3) is 11.3 Å². The lowest BCUT2D eigenvalue weighted by Gasteiger charge is -2.13. The molecule has 0 spiro atoms. The number of nitrogens with one attached hydrogen (secondary N) is 1. The number of amides is 1. The third-order valence-electron chi connectivity index (χ3n) is 4.15. The molecule has 0 unspecified atom stereocenters. The minimum Gasteiger partial charge on any atom is -0.378 e. The third-order valence-corrected chi connectivity index (χ3v) is 4.91. The Balaban J connectivity index is 1.78. The standard InChI is InChI=1S/C20H21N3OS/c1-13-8-9-15(10-14(13)2)18-12-25-20(21-18)22-19(24)16-6-5-7-17(11-16)23(3)4/h5-12H,1-4H3,(H,21,22,24). The predicted molar refractivity (Wildman–Crippen MR) is 106 cm³/mol. The number of carbonyl (C=O) groups is 1. The van der Waals surface area contributed by atoms with Gasteiger partial charge in [0.05, 0.1) is 5.69 Å². The SMILES string of the molecule is Cc1ccc(-c2csc(NC(=O)c3cccc(N(C)C)c3)n2)cc1C. The molecule has 0 bridgehead atoms. The van der Waals surface area contributed by atoms with Crippen molar-refractivity contribution in [2.45, 2.75) is 13.8 Å². The fraction of sp³-hybridized carbons (Fsp3) is 0.200. The van der Waals surface area contributed by atoms with E-state index >= 15 is 0 Å². The van der Waals surface area contributed by atoms with Crippen LogP contribution in [0.15, 0.2) is 47.8 Å². The Kier molecular flexibility index (Phi) is 4.86. The number of aromatic nitrogens is 1. The van der Waals surface area contributed by atoms with Gasteiger partial charge in [-0.1, -0.05) is 18.2 Å². The average Bonchev–Trinajstić information content (AvgIpc) is 3.06. The molecule has 2 aromatic carbocycles. The number of thiazole rings is 1. The lowest BCUT2D eigenvalue weighted by atomic mass is 10.1. The van der Waals surface area contributed by atoms with E-state index in [-0.39, 0.29) is 5.91 Å². The van der Waals surface area contributed by atoms with Crippen molar-refractivity contribution in [1.29, 1.82) is 0 Å². The van der Waals surface area contributed by atoms with Crippen LogP contribution in [0.5, 0.6) is 0 Å². The molecule has 1 aromatic heterocycles. The number of nitrogens with zero attached hydrogens (tertiary/aromatic N) is 2. The molecule has 5 heteroatoms. The van der Waals surface area contributed by atoms with Crippen molar-refractivity contribution >= 4 is 28.1 Å². The summed E-state index contributed by atoms with van der Waals surface area (Å²) in [5, 5.41) is 5.46. The quantitative estimate of drug-likeness (QED) is 0.738. The fourth-order valence-corrected chi connectivity index (χ4v) is 3.17. The van der Waals surface area contributed by atoms with Crippen LogP contribution in [0.1, 0.15) is 21.5 Å². The van der Waals surface area contributed by atoms with Gasteiger partial charge in [0.1, 0.15) is 0 Å². The molecule has 3 rings (SSSR count). The van der Waals surface area contributed by atoms with Gasteiger partial charge in [0.15, 0.2) is 5.13 Å². The molecule has 0 saturated heterocycles. The molecule has 3 aromatic rings. The molecule has 1 N–H and O–H groups in total. The first-order valence-corrected chi connectivity index (χ1v) is 8.94. The lowest BCUT2D eigenvalue weighted by molar-refractivity contribution is 0.102. The van der Waals surface area contributed by atoms with E-state index < -0.39 is 0 Å². The molecular weight excluding hydrogens is 330 g/mol. The van der Waals surface area contributed by atoms with Gasteiger partial charge in [-0.25, -0.2) is 4.98 Å². The van der Waals surface area contributed by atoms with E-state index in [2.05, 4.69) is 42.3 Å². The van der Waals surface area contributed by atoms with Crippen LogP contribution in [0, 0.1) is 13.8 Å². The van der Waals surface area contributed by atoms with E-state index in [0.29, 0.717) is 10.7 Å². The number of hydrogen-bond donors (Lipinski definition) is 1. The van der Waals surface area contributed by atoms with Gasteiger partial charge >= 0.3 is 0 Å². The van der Waals surface area contributed by atoms with E-state index in [4.69, 9.17) is 0 Å². The smallest absolute Gasteiger partial charge is 0.257 e. The zero-order chi connectivity index (χ0) is 18.0. The molecule has 0 radical (unpaired) electrons. The normalized spacial score (nSPS) is 10.6. The third kappa shape index (κ3) is 3.88. The van der Waals surface area contributed by atoms with Crippen LogP contribution in [-0.2, 0) is 0 Å². The van der Waals surface area contributed by atoms with Crippen molar-refractivity contribution in [2.24, 2.45) is 0 Å². The maximum atomic E-state index is 12.5. The van der Waals surface area contributed by atoms with Crippen molar-refractivity contribution in [3.63, 3.8) is 0 Å². The highest BCUT2D eigenvalue weighted by atomic mass is 32.1. The zero-order valence-corrected chi connectivity index (χ0v) is 15.6. The van der Waals surface area contributed by atoms with Crippen molar-refractivity contribution in [3.8, 4) is 11.3 Å². The highest BCUT2D eigenvalue weighted by molar-refractivity contribution is 7.14. The highest BCUT2D eigenvalue weighted by Gasteiger charge is 2.11. The Morgan fingerprint density at radius 2 is 1.88 bits per heavy atom. The Hall–Kier alpha value is -2.66. The highest BCUT2D eigenvalue weighted by Crippen LogP contribution is 2.27. The first-order valence-electron chi connectivity index (χ1n) is 8.06. The number of hydrogen-bond acceptors (Lipinski definition) is 4. The molecule has 1 amide bonds. The van der Waals surface area contributed by atoms with Crippen LogP contribution < -0.4 is 10.2 Å². The second-order valence-corrected chi connectivity index (χ2v) is 7.09. The molecule has 25 heavy (non-hydrogen) atoms. The van der Waals surface area contributed by atoms with Gasteiger partial charge in [0, 0.05) is 36.3 Å². The Bertz CT molecular complexity index is 915. The topological polar surface area (TPSA) is 45.2 Å². The molecule has 0 atom stereocenters. The number of benzene rings is 2. The van der Waals surface area contributed by atoms with E-state index in [0.717, 1.165) is 16.9 Å². The summed E-state index contributed by atoms with van der Waals surface area (Å²) >= 11 is 1.43. The molecule has 0 aliphatic carbocycles. The van der Waals surface area contributed by atoms with Crippen molar-refractivity contribution in [3.05, 3.63) is 64.5 Å². The number of rotatable bonds is 4. The van der Waals surface area contributed by atoms with Crippen LogP contribution in [0.4, 0.5) is 10.8 Å². The summed E-state index contributed by atoms with van der Waals surface area (Å²) in [6, 6.07) is 13.8. The monoisotopic (exact) mass is 351 g/mol. The number of carbonyl (C=O) groups excluding carboxylic acids is 1. The number of aryl methyl sites for hydroxylation is 2. The van der Waals surface area contributed by atoms with Crippen LogP contribution >= 0.6 is 11.3 Å². The molecule has 0 aliphatic rings. The summed E-state index contributed by atoms with van der Waals surface area (Å²) < 4.78 is 0. The van der Waals surface area contributed by atoms with Gasteiger partial charge in [-0.15, -0.1) is 11.3 Å². The largest absolute Gasteiger partial charge is 0.378 e. The average molecular weight is 351 g/mol. The summed E-state index contributed by atoms with van der Waals surface area (Å²) in [5.74, 6) is -0.148. The van der Waals surface area contributed by atoms with Crippen LogP contribution in [0.3, 0.4) is 0 Å². The van der Waals surface area contributed by atoms with Gasteiger partial charge in [-0.3, -0.25) is 10.1 Å². The molecule has 1 heterocycles.